The van der Waals surface area contributed by atoms with Crippen molar-refractivity contribution < 1.29 is 9.50 Å². The van der Waals surface area contributed by atoms with Crippen molar-refractivity contribution >= 4 is 0 Å². The van der Waals surface area contributed by atoms with Crippen molar-refractivity contribution in [1.82, 2.24) is 0 Å². The minimum absolute atomic E-state index is 0.140. The van der Waals surface area contributed by atoms with E-state index in [9.17, 15) is 9.50 Å². The quantitative estimate of drug-likeness (QED) is 0.829. The molecule has 0 bridgehead atoms. The Morgan fingerprint density at radius 2 is 1.94 bits per heavy atom. The van der Waals surface area contributed by atoms with E-state index in [1.807, 2.05) is 12.1 Å². The topological polar surface area (TPSA) is 20.2 Å². The Balaban J connectivity index is 2.03. The van der Waals surface area contributed by atoms with E-state index in [-0.39, 0.29) is 18.3 Å². The van der Waals surface area contributed by atoms with Gasteiger partial charge in [-0.3, -0.25) is 0 Å². The maximum absolute atomic E-state index is 13.5. The summed E-state index contributed by atoms with van der Waals surface area (Å²) in [6.45, 7) is 0.180. The molecule has 1 aromatic rings. The molecule has 0 saturated heterocycles. The van der Waals surface area contributed by atoms with E-state index in [2.05, 4.69) is 0 Å². The Morgan fingerprint density at radius 1 is 1.25 bits per heavy atom. The highest BCUT2D eigenvalue weighted by atomic mass is 19.1. The summed E-state index contributed by atoms with van der Waals surface area (Å²) in [5.74, 6) is 0.683. The predicted octanol–water partition coefficient (Wildman–Crippen LogP) is 3.17. The lowest BCUT2D eigenvalue weighted by Crippen LogP contribution is -2.19. The van der Waals surface area contributed by atoms with Gasteiger partial charge < -0.3 is 5.11 Å². The van der Waals surface area contributed by atoms with Gasteiger partial charge in [0.25, 0.3) is 0 Å². The second-order valence-electron chi connectivity index (χ2n) is 4.78. The number of benzene rings is 1. The number of aliphatic hydroxyl groups is 1. The average molecular weight is 222 g/mol. The predicted molar refractivity (Wildman–Crippen MR) is 62.6 cm³/mol. The van der Waals surface area contributed by atoms with Gasteiger partial charge >= 0.3 is 0 Å². The largest absolute Gasteiger partial charge is 0.396 e. The number of halogens is 1. The van der Waals surface area contributed by atoms with E-state index in [0.29, 0.717) is 12.3 Å². The molecule has 1 aliphatic rings. The Labute approximate surface area is 96.3 Å². The SMILES string of the molecule is OCC(Cc1ccccc1F)C1CCCC1. The van der Waals surface area contributed by atoms with Gasteiger partial charge in [0.15, 0.2) is 0 Å². The molecule has 1 aliphatic carbocycles. The normalized spacial score (nSPS) is 18.9. The molecule has 16 heavy (non-hydrogen) atoms. The van der Waals surface area contributed by atoms with Gasteiger partial charge in [-0.05, 0) is 29.9 Å². The van der Waals surface area contributed by atoms with E-state index >= 15 is 0 Å². The minimum Gasteiger partial charge on any atom is -0.396 e. The second kappa shape index (κ2) is 5.44. The molecule has 1 unspecified atom stereocenters. The molecule has 0 radical (unpaired) electrons. The Kier molecular flexibility index (Phi) is 3.94. The van der Waals surface area contributed by atoms with Crippen molar-refractivity contribution in [3.05, 3.63) is 35.6 Å². The molecule has 0 heterocycles. The van der Waals surface area contributed by atoms with Crippen LogP contribution in [0.1, 0.15) is 31.2 Å². The van der Waals surface area contributed by atoms with Crippen molar-refractivity contribution in [1.29, 1.82) is 0 Å². The Hall–Kier alpha value is -0.890. The molecule has 2 heteroatoms. The molecule has 1 nitrogen and oxygen atoms in total. The van der Waals surface area contributed by atoms with Crippen LogP contribution in [0.2, 0.25) is 0 Å². The number of hydrogen-bond acceptors (Lipinski definition) is 1. The molecule has 0 aliphatic heterocycles. The minimum atomic E-state index is -0.140. The van der Waals surface area contributed by atoms with Crippen LogP contribution in [0.25, 0.3) is 0 Å². The van der Waals surface area contributed by atoms with Crippen LogP contribution in [0.4, 0.5) is 4.39 Å². The van der Waals surface area contributed by atoms with Crippen LogP contribution in [-0.2, 0) is 6.42 Å². The van der Waals surface area contributed by atoms with Crippen LogP contribution < -0.4 is 0 Å². The van der Waals surface area contributed by atoms with Gasteiger partial charge in [0, 0.05) is 6.61 Å². The van der Waals surface area contributed by atoms with E-state index in [4.69, 9.17) is 0 Å². The summed E-state index contributed by atoms with van der Waals surface area (Å²) in [4.78, 5) is 0. The molecule has 1 N–H and O–H groups in total. The molecular weight excluding hydrogens is 203 g/mol. The van der Waals surface area contributed by atoms with Crippen molar-refractivity contribution in [2.45, 2.75) is 32.1 Å². The van der Waals surface area contributed by atoms with Crippen molar-refractivity contribution in [2.24, 2.45) is 11.8 Å². The highest BCUT2D eigenvalue weighted by Gasteiger charge is 2.25. The number of hydrogen-bond donors (Lipinski definition) is 1. The van der Waals surface area contributed by atoms with E-state index < -0.39 is 0 Å². The fraction of sp³-hybridized carbons (Fsp3) is 0.571. The van der Waals surface area contributed by atoms with Gasteiger partial charge in [-0.1, -0.05) is 43.9 Å². The third-order valence-corrected chi connectivity index (χ3v) is 3.74. The number of aliphatic hydroxyl groups excluding tert-OH is 1. The van der Waals surface area contributed by atoms with Crippen LogP contribution >= 0.6 is 0 Å². The first kappa shape index (κ1) is 11.6. The molecule has 0 spiro atoms. The first-order chi connectivity index (χ1) is 7.81. The van der Waals surface area contributed by atoms with Crippen LogP contribution in [0.15, 0.2) is 24.3 Å². The molecule has 1 atom stereocenters. The zero-order valence-corrected chi connectivity index (χ0v) is 9.53. The first-order valence-electron chi connectivity index (χ1n) is 6.15. The molecular formula is C14H19FO. The zero-order chi connectivity index (χ0) is 11.4. The first-order valence-corrected chi connectivity index (χ1v) is 6.15. The lowest BCUT2D eigenvalue weighted by Gasteiger charge is -2.21. The fourth-order valence-electron chi connectivity index (χ4n) is 2.76. The standard InChI is InChI=1S/C14H19FO/c15-14-8-4-3-7-12(14)9-13(10-16)11-5-1-2-6-11/h3-4,7-8,11,13,16H,1-2,5-6,9-10H2. The van der Waals surface area contributed by atoms with E-state index in [0.717, 1.165) is 5.56 Å². The molecule has 88 valence electrons. The summed E-state index contributed by atoms with van der Waals surface area (Å²) in [7, 11) is 0. The van der Waals surface area contributed by atoms with E-state index in [1.165, 1.54) is 31.7 Å². The van der Waals surface area contributed by atoms with Crippen LogP contribution in [0.5, 0.6) is 0 Å². The van der Waals surface area contributed by atoms with Crippen molar-refractivity contribution in [3.8, 4) is 0 Å². The lowest BCUT2D eigenvalue weighted by atomic mass is 9.86. The van der Waals surface area contributed by atoms with Crippen molar-refractivity contribution in [2.75, 3.05) is 6.61 Å². The smallest absolute Gasteiger partial charge is 0.126 e. The fourth-order valence-corrected chi connectivity index (χ4v) is 2.76. The molecule has 1 fully saturated rings. The third-order valence-electron chi connectivity index (χ3n) is 3.74. The zero-order valence-electron chi connectivity index (χ0n) is 9.53. The van der Waals surface area contributed by atoms with Gasteiger partial charge in [0.05, 0.1) is 0 Å². The molecule has 2 rings (SSSR count). The number of rotatable bonds is 4. The van der Waals surface area contributed by atoms with Gasteiger partial charge in [-0.2, -0.15) is 0 Å². The third kappa shape index (κ3) is 2.62. The monoisotopic (exact) mass is 222 g/mol. The maximum atomic E-state index is 13.5. The maximum Gasteiger partial charge on any atom is 0.126 e. The van der Waals surface area contributed by atoms with Crippen molar-refractivity contribution in [3.63, 3.8) is 0 Å². The summed E-state index contributed by atoms with van der Waals surface area (Å²) in [6, 6.07) is 6.90. The van der Waals surface area contributed by atoms with Gasteiger partial charge in [-0.15, -0.1) is 0 Å². The van der Waals surface area contributed by atoms with Gasteiger partial charge in [0.2, 0.25) is 0 Å². The summed E-state index contributed by atoms with van der Waals surface area (Å²) in [6.07, 6.45) is 5.59. The van der Waals surface area contributed by atoms with E-state index in [1.54, 1.807) is 6.07 Å². The van der Waals surface area contributed by atoms with Gasteiger partial charge in [0.1, 0.15) is 5.82 Å². The summed E-state index contributed by atoms with van der Waals surface area (Å²) in [5, 5.41) is 9.42. The highest BCUT2D eigenvalue weighted by molar-refractivity contribution is 5.18. The van der Waals surface area contributed by atoms with Crippen LogP contribution in [0.3, 0.4) is 0 Å². The lowest BCUT2D eigenvalue weighted by molar-refractivity contribution is 0.175. The average Bonchev–Trinajstić information content (AvgIpc) is 2.81. The molecule has 1 saturated carbocycles. The summed E-state index contributed by atoms with van der Waals surface area (Å²) < 4.78 is 13.5. The summed E-state index contributed by atoms with van der Waals surface area (Å²) in [5.41, 5.74) is 0.744. The van der Waals surface area contributed by atoms with Gasteiger partial charge in [-0.25, -0.2) is 4.39 Å². The summed E-state index contributed by atoms with van der Waals surface area (Å²) >= 11 is 0. The Bertz CT molecular complexity index is 331. The molecule has 0 amide bonds. The molecule has 1 aromatic carbocycles. The highest BCUT2D eigenvalue weighted by Crippen LogP contribution is 2.33. The second-order valence-corrected chi connectivity index (χ2v) is 4.78. The molecule has 0 aromatic heterocycles. The van der Waals surface area contributed by atoms with Crippen LogP contribution in [-0.4, -0.2) is 11.7 Å². The Morgan fingerprint density at radius 3 is 2.56 bits per heavy atom. The van der Waals surface area contributed by atoms with Crippen LogP contribution in [0, 0.1) is 17.7 Å².